The van der Waals surface area contributed by atoms with Crippen LogP contribution in [-0.2, 0) is 12.4 Å². The predicted molar refractivity (Wildman–Crippen MR) is 73.0 cm³/mol. The van der Waals surface area contributed by atoms with Crippen LogP contribution in [-0.4, -0.2) is 24.5 Å². The molecule has 0 aliphatic rings. The van der Waals surface area contributed by atoms with E-state index in [1.807, 2.05) is 23.6 Å². The van der Waals surface area contributed by atoms with Gasteiger partial charge in [-0.25, -0.2) is 9.97 Å². The summed E-state index contributed by atoms with van der Waals surface area (Å²) in [6, 6.07) is 3.79. The molecule has 3 aromatic rings. The number of fused-ring (bicyclic) bond motifs is 1. The first kappa shape index (κ1) is 12.0. The second-order valence-corrected chi connectivity index (χ2v) is 4.51. The second kappa shape index (κ2) is 4.93. The number of aromatic nitrogens is 5. The summed E-state index contributed by atoms with van der Waals surface area (Å²) in [6.45, 7) is 2.48. The highest BCUT2D eigenvalue weighted by molar-refractivity contribution is 6.16. The lowest BCUT2D eigenvalue weighted by Crippen LogP contribution is -2.06. The van der Waals surface area contributed by atoms with Crippen LogP contribution in [0.25, 0.3) is 11.2 Å². The highest BCUT2D eigenvalue weighted by Crippen LogP contribution is 2.16. The van der Waals surface area contributed by atoms with Crippen LogP contribution < -0.4 is 0 Å². The predicted octanol–water partition coefficient (Wildman–Crippen LogP) is 2.32. The maximum Gasteiger partial charge on any atom is 0.160 e. The molecule has 5 nitrogen and oxygen atoms in total. The van der Waals surface area contributed by atoms with Crippen molar-refractivity contribution >= 4 is 22.8 Å². The Bertz CT molecular complexity index is 705. The summed E-state index contributed by atoms with van der Waals surface area (Å²) in [7, 11) is 0. The van der Waals surface area contributed by atoms with E-state index in [2.05, 4.69) is 19.9 Å². The largest absolute Gasteiger partial charge is 0.306 e. The number of alkyl halides is 1. The number of halogens is 1. The number of aryl methyl sites for hydroxylation is 1. The van der Waals surface area contributed by atoms with Gasteiger partial charge in [0.15, 0.2) is 5.65 Å². The molecular formula is C13H12ClN5. The van der Waals surface area contributed by atoms with E-state index in [-0.39, 0.29) is 0 Å². The van der Waals surface area contributed by atoms with E-state index in [0.29, 0.717) is 12.4 Å². The van der Waals surface area contributed by atoms with Crippen molar-refractivity contribution in [2.75, 3.05) is 0 Å². The molecule has 0 saturated carbocycles. The second-order valence-electron chi connectivity index (χ2n) is 4.24. The lowest BCUT2D eigenvalue weighted by Gasteiger charge is -2.06. The number of hydrogen-bond acceptors (Lipinski definition) is 4. The van der Waals surface area contributed by atoms with Crippen LogP contribution in [0.4, 0.5) is 0 Å². The molecule has 3 rings (SSSR count). The van der Waals surface area contributed by atoms with Crippen LogP contribution in [0, 0.1) is 6.92 Å². The molecule has 0 N–H and O–H groups in total. The number of imidazole rings is 1. The van der Waals surface area contributed by atoms with Crippen molar-refractivity contribution in [1.82, 2.24) is 24.5 Å². The molecule has 19 heavy (non-hydrogen) atoms. The van der Waals surface area contributed by atoms with Crippen molar-refractivity contribution in [1.29, 1.82) is 0 Å². The Morgan fingerprint density at radius 3 is 2.84 bits per heavy atom. The lowest BCUT2D eigenvalue weighted by molar-refractivity contribution is 0.744. The number of nitrogens with zero attached hydrogens (tertiary/aromatic N) is 5. The Morgan fingerprint density at radius 2 is 2.11 bits per heavy atom. The fraction of sp³-hybridized carbons (Fsp3) is 0.231. The third kappa shape index (κ3) is 2.29. The van der Waals surface area contributed by atoms with Gasteiger partial charge in [0.1, 0.15) is 11.3 Å². The van der Waals surface area contributed by atoms with Gasteiger partial charge in [0.2, 0.25) is 0 Å². The van der Waals surface area contributed by atoms with Crippen molar-refractivity contribution in [2.24, 2.45) is 0 Å². The smallest absolute Gasteiger partial charge is 0.160 e. The highest BCUT2D eigenvalue weighted by Gasteiger charge is 2.11. The molecule has 0 saturated heterocycles. The van der Waals surface area contributed by atoms with Gasteiger partial charge in [0.25, 0.3) is 0 Å². The minimum absolute atomic E-state index is 0.343. The number of rotatable bonds is 3. The molecule has 0 aliphatic carbocycles. The van der Waals surface area contributed by atoms with Gasteiger partial charge >= 0.3 is 0 Å². The van der Waals surface area contributed by atoms with Gasteiger partial charge in [-0.3, -0.25) is 9.97 Å². The summed E-state index contributed by atoms with van der Waals surface area (Å²) in [5.74, 6) is 1.13. The monoisotopic (exact) mass is 273 g/mol. The van der Waals surface area contributed by atoms with E-state index >= 15 is 0 Å². The number of pyridine rings is 1. The average molecular weight is 274 g/mol. The Morgan fingerprint density at radius 1 is 1.21 bits per heavy atom. The fourth-order valence-electron chi connectivity index (χ4n) is 1.94. The topological polar surface area (TPSA) is 56.5 Å². The molecule has 3 aromatic heterocycles. The van der Waals surface area contributed by atoms with Crippen molar-refractivity contribution in [3.63, 3.8) is 0 Å². The SMILES string of the molecule is Cc1cnc(Cn2c(CCl)nc3cccnc32)cn1. The quantitative estimate of drug-likeness (QED) is 0.687. The van der Waals surface area contributed by atoms with E-state index in [1.165, 1.54) is 0 Å². The van der Waals surface area contributed by atoms with Crippen LogP contribution in [0.2, 0.25) is 0 Å². The number of hydrogen-bond donors (Lipinski definition) is 0. The van der Waals surface area contributed by atoms with Gasteiger partial charge in [-0.1, -0.05) is 0 Å². The molecule has 0 spiro atoms. The van der Waals surface area contributed by atoms with Crippen molar-refractivity contribution in [3.05, 3.63) is 47.9 Å². The van der Waals surface area contributed by atoms with E-state index in [4.69, 9.17) is 11.6 Å². The molecule has 6 heteroatoms. The van der Waals surface area contributed by atoms with Crippen LogP contribution in [0.5, 0.6) is 0 Å². The summed E-state index contributed by atoms with van der Waals surface area (Å²) >= 11 is 5.95. The Labute approximate surface area is 115 Å². The average Bonchev–Trinajstić information content (AvgIpc) is 2.79. The van der Waals surface area contributed by atoms with Crippen molar-refractivity contribution < 1.29 is 0 Å². The summed E-state index contributed by atoms with van der Waals surface area (Å²) in [6.07, 6.45) is 5.27. The zero-order chi connectivity index (χ0) is 13.2. The van der Waals surface area contributed by atoms with Gasteiger partial charge in [0, 0.05) is 12.4 Å². The van der Waals surface area contributed by atoms with Crippen LogP contribution in [0.15, 0.2) is 30.7 Å². The van der Waals surface area contributed by atoms with Gasteiger partial charge < -0.3 is 4.57 Å². The molecule has 0 radical (unpaired) electrons. The van der Waals surface area contributed by atoms with Crippen molar-refractivity contribution in [2.45, 2.75) is 19.3 Å². The first-order valence-corrected chi connectivity index (χ1v) is 6.45. The maximum absolute atomic E-state index is 5.95. The lowest BCUT2D eigenvalue weighted by atomic mass is 10.4. The van der Waals surface area contributed by atoms with Gasteiger partial charge in [-0.05, 0) is 19.1 Å². The molecule has 0 aromatic carbocycles. The Balaban J connectivity index is 2.06. The molecule has 3 heterocycles. The van der Waals surface area contributed by atoms with E-state index in [9.17, 15) is 0 Å². The fourth-order valence-corrected chi connectivity index (χ4v) is 2.14. The minimum atomic E-state index is 0.343. The minimum Gasteiger partial charge on any atom is -0.306 e. The molecule has 0 aliphatic heterocycles. The Hall–Kier alpha value is -2.01. The van der Waals surface area contributed by atoms with Gasteiger partial charge in [0.05, 0.1) is 30.0 Å². The molecule has 0 fully saturated rings. The standard InChI is InChI=1S/C13H12ClN5/c1-9-6-17-10(7-16-9)8-19-12(5-14)18-11-3-2-4-15-13(11)19/h2-4,6-7H,5,8H2,1H3. The molecule has 96 valence electrons. The first-order chi connectivity index (χ1) is 9.28. The zero-order valence-corrected chi connectivity index (χ0v) is 11.2. The van der Waals surface area contributed by atoms with Gasteiger partial charge in [-0.2, -0.15) is 0 Å². The summed E-state index contributed by atoms with van der Waals surface area (Å²) in [5.41, 5.74) is 3.43. The van der Waals surface area contributed by atoms with Crippen LogP contribution >= 0.6 is 11.6 Å². The Kier molecular flexibility index (Phi) is 3.13. The van der Waals surface area contributed by atoms with E-state index < -0.39 is 0 Å². The van der Waals surface area contributed by atoms with Crippen LogP contribution in [0.3, 0.4) is 0 Å². The summed E-state index contributed by atoms with van der Waals surface area (Å²) in [5, 5.41) is 0. The highest BCUT2D eigenvalue weighted by atomic mass is 35.5. The van der Waals surface area contributed by atoms with Crippen LogP contribution in [0.1, 0.15) is 17.2 Å². The van der Waals surface area contributed by atoms with E-state index in [0.717, 1.165) is 28.4 Å². The molecular weight excluding hydrogens is 262 g/mol. The van der Waals surface area contributed by atoms with Crippen molar-refractivity contribution in [3.8, 4) is 0 Å². The zero-order valence-electron chi connectivity index (χ0n) is 10.4. The third-order valence-electron chi connectivity index (χ3n) is 2.86. The molecule has 0 amide bonds. The normalized spacial score (nSPS) is 11.1. The van der Waals surface area contributed by atoms with Gasteiger partial charge in [-0.15, -0.1) is 11.6 Å². The first-order valence-electron chi connectivity index (χ1n) is 5.91. The third-order valence-corrected chi connectivity index (χ3v) is 3.10. The summed E-state index contributed by atoms with van der Waals surface area (Å²) in [4.78, 5) is 17.4. The molecule has 0 bridgehead atoms. The van der Waals surface area contributed by atoms with E-state index in [1.54, 1.807) is 18.6 Å². The maximum atomic E-state index is 5.95. The molecule has 0 atom stereocenters. The summed E-state index contributed by atoms with van der Waals surface area (Å²) < 4.78 is 1.97. The molecule has 0 unspecified atom stereocenters.